The van der Waals surface area contributed by atoms with Crippen LogP contribution in [0.4, 0.5) is 14.4 Å². The Kier molecular flexibility index (Phi) is 22.8. The Morgan fingerprint density at radius 2 is 0.630 bits per heavy atom. The van der Waals surface area contributed by atoms with Gasteiger partial charge in [-0.1, -0.05) is 126 Å². The minimum absolute atomic E-state index is 0.169. The molecule has 6 atom stereocenters. The Morgan fingerprint density at radius 1 is 0.407 bits per heavy atom. The number of nitrogens with zero attached hydrogens (tertiary/aromatic N) is 3. The lowest BCUT2D eigenvalue weighted by molar-refractivity contribution is 0.0173. The average molecular weight is 1110 g/mol. The molecule has 3 aliphatic carbocycles. The lowest BCUT2D eigenvalue weighted by Crippen LogP contribution is -2.43. The van der Waals surface area contributed by atoms with E-state index in [0.29, 0.717) is 53.6 Å². The highest BCUT2D eigenvalue weighted by Crippen LogP contribution is 2.40. The van der Waals surface area contributed by atoms with Crippen LogP contribution in [0.15, 0.2) is 108 Å². The topological polar surface area (TPSA) is 125 Å². The normalized spacial score (nSPS) is 24.0. The number of carbonyl (C=O) groups excluding carboxylic acids is 3. The van der Waals surface area contributed by atoms with E-state index in [9.17, 15) is 14.4 Å². The molecule has 12 nitrogen and oxygen atoms in total. The van der Waals surface area contributed by atoms with Gasteiger partial charge in [-0.05, 0) is 213 Å². The summed E-state index contributed by atoms with van der Waals surface area (Å²) in [4.78, 5) is 42.0. The summed E-state index contributed by atoms with van der Waals surface area (Å²) in [6.07, 6.45) is 16.5. The SMILES string of the molecule is C/C(=C\c1ccccc1)C1CC1NCC1CCN(C(=O)OC(C)(C)C)CC1.C/C(=C\c1ccccc1)C1CC1NCC1CCN(C(=O)OC(C)(C)C)CC1.C/C(=C\c1ccccc1)C1CC1NCC1CCN(C(=O)OC(C)(C)C)CC1. The minimum Gasteiger partial charge on any atom is -0.444 e. The van der Waals surface area contributed by atoms with Crippen LogP contribution in [0.2, 0.25) is 0 Å². The van der Waals surface area contributed by atoms with E-state index in [0.717, 1.165) is 97.4 Å². The lowest BCUT2D eigenvalue weighted by atomic mass is 9.97. The molecule has 12 heteroatoms. The van der Waals surface area contributed by atoms with E-state index < -0.39 is 16.8 Å². The Bertz CT molecular complexity index is 2240. The van der Waals surface area contributed by atoms with Crippen molar-refractivity contribution in [2.24, 2.45) is 35.5 Å². The summed E-state index contributed by atoms with van der Waals surface area (Å²) < 4.78 is 16.4. The molecule has 3 saturated heterocycles. The maximum absolute atomic E-state index is 12.1. The van der Waals surface area contributed by atoms with Gasteiger partial charge in [0.25, 0.3) is 0 Å². The maximum Gasteiger partial charge on any atom is 0.410 e. The number of carbonyl (C=O) groups is 3. The number of benzene rings is 3. The fourth-order valence-electron chi connectivity index (χ4n) is 11.4. The highest BCUT2D eigenvalue weighted by molar-refractivity contribution is 5.69. The first-order valence-corrected chi connectivity index (χ1v) is 30.8. The molecule has 6 fully saturated rings. The minimum atomic E-state index is -0.415. The van der Waals surface area contributed by atoms with E-state index in [2.05, 4.69) is 146 Å². The number of hydrogen-bond acceptors (Lipinski definition) is 9. The summed E-state index contributed by atoms with van der Waals surface area (Å²) in [7, 11) is 0. The molecule has 0 radical (unpaired) electrons. The van der Waals surface area contributed by atoms with E-state index in [1.165, 1.54) is 52.7 Å². The molecule has 0 spiro atoms. The zero-order valence-corrected chi connectivity index (χ0v) is 51.6. The number of hydrogen-bond donors (Lipinski definition) is 3. The van der Waals surface area contributed by atoms with Gasteiger partial charge < -0.3 is 44.9 Å². The lowest BCUT2D eigenvalue weighted by Gasteiger charge is -2.33. The number of amides is 3. The van der Waals surface area contributed by atoms with E-state index in [1.807, 2.05) is 77.0 Å². The fourth-order valence-corrected chi connectivity index (χ4v) is 11.4. The van der Waals surface area contributed by atoms with Gasteiger partial charge in [-0.15, -0.1) is 0 Å². The quantitative estimate of drug-likeness (QED) is 0.128. The zero-order valence-electron chi connectivity index (χ0n) is 51.6. The number of likely N-dealkylation sites (tertiary alicyclic amines) is 3. The van der Waals surface area contributed by atoms with Gasteiger partial charge in [0.2, 0.25) is 0 Å². The molecule has 3 aromatic rings. The summed E-state index contributed by atoms with van der Waals surface area (Å²) in [5.74, 6) is 3.99. The fraction of sp³-hybridized carbons (Fsp3) is 0.609. The van der Waals surface area contributed by atoms with Crippen molar-refractivity contribution in [2.45, 2.75) is 176 Å². The molecule has 444 valence electrons. The van der Waals surface area contributed by atoms with Crippen molar-refractivity contribution in [3.05, 3.63) is 124 Å². The number of ether oxygens (including phenoxy) is 3. The summed E-state index contributed by atoms with van der Waals surface area (Å²) in [5, 5.41) is 11.2. The van der Waals surface area contributed by atoms with Crippen LogP contribution in [0.25, 0.3) is 18.2 Å². The highest BCUT2D eigenvalue weighted by Gasteiger charge is 2.41. The predicted molar refractivity (Wildman–Crippen MR) is 332 cm³/mol. The van der Waals surface area contributed by atoms with Gasteiger partial charge in [0.15, 0.2) is 0 Å². The van der Waals surface area contributed by atoms with Crippen molar-refractivity contribution >= 4 is 36.5 Å². The largest absolute Gasteiger partial charge is 0.444 e. The smallest absolute Gasteiger partial charge is 0.410 e. The Hall–Kier alpha value is -5.43. The van der Waals surface area contributed by atoms with Crippen LogP contribution in [0.5, 0.6) is 0 Å². The standard InChI is InChI=1S/3C23H34N2O2/c3*1-17(14-18-8-6-5-7-9-18)20-15-21(20)24-16-19-10-12-25(13-11-19)22(26)27-23(2,3)4/h3*5-9,14,19-21,24H,10-13,15-16H2,1-4H3/b3*17-14+. The van der Waals surface area contributed by atoms with Crippen LogP contribution in [0.3, 0.4) is 0 Å². The Morgan fingerprint density at radius 3 is 0.840 bits per heavy atom. The summed E-state index contributed by atoms with van der Waals surface area (Å²) in [5.41, 5.74) is 7.03. The van der Waals surface area contributed by atoms with Gasteiger partial charge in [0.05, 0.1) is 0 Å². The van der Waals surface area contributed by atoms with Gasteiger partial charge in [0, 0.05) is 57.4 Å². The molecule has 9 rings (SSSR count). The number of piperidine rings is 3. The zero-order chi connectivity index (χ0) is 58.3. The summed E-state index contributed by atoms with van der Waals surface area (Å²) >= 11 is 0. The van der Waals surface area contributed by atoms with E-state index in [4.69, 9.17) is 14.2 Å². The molecule has 6 unspecified atom stereocenters. The third kappa shape index (κ3) is 22.3. The first-order valence-electron chi connectivity index (χ1n) is 30.8. The second kappa shape index (κ2) is 29.2. The van der Waals surface area contributed by atoms with Crippen LogP contribution >= 0.6 is 0 Å². The molecule has 0 bridgehead atoms. The third-order valence-corrected chi connectivity index (χ3v) is 16.5. The molecule has 3 aromatic carbocycles. The molecule has 3 amide bonds. The summed E-state index contributed by atoms with van der Waals surface area (Å²) in [6.45, 7) is 32.0. The van der Waals surface area contributed by atoms with Crippen LogP contribution in [0, 0.1) is 35.5 Å². The Labute approximate surface area is 488 Å². The monoisotopic (exact) mass is 1110 g/mol. The van der Waals surface area contributed by atoms with Crippen molar-refractivity contribution in [3.8, 4) is 0 Å². The van der Waals surface area contributed by atoms with Crippen molar-refractivity contribution < 1.29 is 28.6 Å². The van der Waals surface area contributed by atoms with Crippen LogP contribution < -0.4 is 16.0 Å². The highest BCUT2D eigenvalue weighted by atomic mass is 16.6. The predicted octanol–water partition coefficient (Wildman–Crippen LogP) is 14.1. The third-order valence-electron chi connectivity index (χ3n) is 16.5. The van der Waals surface area contributed by atoms with E-state index >= 15 is 0 Å². The van der Waals surface area contributed by atoms with Crippen molar-refractivity contribution in [2.75, 3.05) is 58.9 Å². The molecule has 3 heterocycles. The molecule has 3 saturated carbocycles. The van der Waals surface area contributed by atoms with Gasteiger partial charge in [-0.2, -0.15) is 0 Å². The molecule has 0 aromatic heterocycles. The molecular formula is C69H102N6O6. The van der Waals surface area contributed by atoms with Crippen LogP contribution in [-0.4, -0.2) is 127 Å². The second-order valence-corrected chi connectivity index (χ2v) is 27.2. The van der Waals surface area contributed by atoms with Crippen molar-refractivity contribution in [1.82, 2.24) is 30.7 Å². The number of rotatable bonds is 15. The van der Waals surface area contributed by atoms with Gasteiger partial charge in [0.1, 0.15) is 16.8 Å². The second-order valence-electron chi connectivity index (χ2n) is 27.2. The van der Waals surface area contributed by atoms with Crippen LogP contribution in [-0.2, 0) is 14.2 Å². The molecular weight excluding hydrogens is 1010 g/mol. The molecule has 6 aliphatic rings. The molecule has 3 aliphatic heterocycles. The first-order chi connectivity index (χ1) is 38.4. The molecule has 81 heavy (non-hydrogen) atoms. The number of nitrogens with one attached hydrogen (secondary N) is 3. The van der Waals surface area contributed by atoms with Crippen molar-refractivity contribution in [3.63, 3.8) is 0 Å². The van der Waals surface area contributed by atoms with Gasteiger partial charge in [-0.3, -0.25) is 0 Å². The first kappa shape index (κ1) is 63.2. The van der Waals surface area contributed by atoms with Crippen LogP contribution in [0.1, 0.15) is 158 Å². The van der Waals surface area contributed by atoms with Gasteiger partial charge in [-0.25, -0.2) is 14.4 Å². The summed E-state index contributed by atoms with van der Waals surface area (Å²) in [6, 6.07) is 33.5. The maximum atomic E-state index is 12.1. The van der Waals surface area contributed by atoms with Gasteiger partial charge >= 0.3 is 18.3 Å². The van der Waals surface area contributed by atoms with Crippen molar-refractivity contribution in [1.29, 1.82) is 0 Å². The Balaban J connectivity index is 0.000000175. The molecule has 3 N–H and O–H groups in total. The van der Waals surface area contributed by atoms with E-state index in [-0.39, 0.29) is 18.3 Å². The van der Waals surface area contributed by atoms with E-state index in [1.54, 1.807) is 0 Å². The average Bonchev–Trinajstić information content (AvgIpc) is 4.37.